The molecule has 1 N–H and O–H groups in total. The number of rotatable bonds is 9. The van der Waals surface area contributed by atoms with Gasteiger partial charge in [0.25, 0.3) is 0 Å². The Labute approximate surface area is 88.7 Å². The van der Waals surface area contributed by atoms with Crippen LogP contribution in [0.2, 0.25) is 0 Å². The summed E-state index contributed by atoms with van der Waals surface area (Å²) in [5.41, 5.74) is 1.26. The second-order valence-electron chi connectivity index (χ2n) is 4.08. The molecule has 0 aromatic heterocycles. The number of ether oxygens (including phenoxy) is 1. The molecule has 2 heteroatoms. The number of nitrogens with one attached hydrogen (secondary N) is 1. The lowest BCUT2D eigenvalue weighted by atomic mass is 10.1. The maximum absolute atomic E-state index is 5.47. The first-order valence-corrected chi connectivity index (χ1v) is 5.62. The van der Waals surface area contributed by atoms with E-state index in [-0.39, 0.29) is 0 Å². The second kappa shape index (κ2) is 9.22. The van der Waals surface area contributed by atoms with Crippen molar-refractivity contribution in [3.63, 3.8) is 0 Å². The van der Waals surface area contributed by atoms with Crippen molar-refractivity contribution >= 4 is 0 Å². The fourth-order valence-corrected chi connectivity index (χ4v) is 0.956. The largest absolute Gasteiger partial charge is 0.380 e. The zero-order valence-electron chi connectivity index (χ0n) is 9.94. The highest BCUT2D eigenvalue weighted by Crippen LogP contribution is 1.98. The van der Waals surface area contributed by atoms with E-state index < -0.39 is 0 Å². The molecule has 14 heavy (non-hydrogen) atoms. The molecule has 0 aromatic rings. The van der Waals surface area contributed by atoms with Crippen LogP contribution in [-0.4, -0.2) is 26.3 Å². The van der Waals surface area contributed by atoms with Crippen LogP contribution < -0.4 is 5.32 Å². The minimum atomic E-state index is 0.739. The standard InChI is InChI=1S/C12H25NO/c1-5-12(4)10-13-7-9-14-8-6-11(2)3/h11,13H,4-10H2,1-3H3. The van der Waals surface area contributed by atoms with Crippen molar-refractivity contribution < 1.29 is 4.74 Å². The Hall–Kier alpha value is -0.340. The Morgan fingerprint density at radius 3 is 2.64 bits per heavy atom. The highest BCUT2D eigenvalue weighted by Gasteiger charge is 1.94. The predicted molar refractivity (Wildman–Crippen MR) is 62.6 cm³/mol. The molecule has 84 valence electrons. The normalized spacial score (nSPS) is 10.9. The summed E-state index contributed by atoms with van der Waals surface area (Å²) in [6, 6.07) is 0. The number of hydrogen-bond acceptors (Lipinski definition) is 2. The van der Waals surface area contributed by atoms with Crippen molar-refractivity contribution in [3.8, 4) is 0 Å². The van der Waals surface area contributed by atoms with Crippen LogP contribution in [0, 0.1) is 5.92 Å². The summed E-state index contributed by atoms with van der Waals surface area (Å²) in [6.45, 7) is 14.0. The van der Waals surface area contributed by atoms with Crippen LogP contribution in [-0.2, 0) is 4.74 Å². The Kier molecular flexibility index (Phi) is 9.00. The van der Waals surface area contributed by atoms with E-state index in [9.17, 15) is 0 Å². The SMILES string of the molecule is C=C(CC)CNCCOCCC(C)C. The average molecular weight is 199 g/mol. The molecule has 0 unspecified atom stereocenters. The van der Waals surface area contributed by atoms with Crippen LogP contribution in [0.3, 0.4) is 0 Å². The van der Waals surface area contributed by atoms with E-state index in [4.69, 9.17) is 4.74 Å². The molecule has 0 aliphatic heterocycles. The van der Waals surface area contributed by atoms with Gasteiger partial charge in [0.05, 0.1) is 6.61 Å². The van der Waals surface area contributed by atoms with Crippen LogP contribution in [0.5, 0.6) is 0 Å². The minimum Gasteiger partial charge on any atom is -0.380 e. The Balaban J connectivity index is 3.03. The van der Waals surface area contributed by atoms with E-state index in [0.29, 0.717) is 0 Å². The topological polar surface area (TPSA) is 21.3 Å². The lowest BCUT2D eigenvalue weighted by Crippen LogP contribution is -2.22. The molecule has 0 rings (SSSR count). The molecule has 0 saturated heterocycles. The van der Waals surface area contributed by atoms with Crippen molar-refractivity contribution in [1.82, 2.24) is 5.32 Å². The maximum Gasteiger partial charge on any atom is 0.0591 e. The summed E-state index contributed by atoms with van der Waals surface area (Å²) in [4.78, 5) is 0. The van der Waals surface area contributed by atoms with Gasteiger partial charge in [-0.15, -0.1) is 0 Å². The van der Waals surface area contributed by atoms with E-state index in [1.807, 2.05) is 0 Å². The van der Waals surface area contributed by atoms with Gasteiger partial charge in [-0.05, 0) is 18.8 Å². The van der Waals surface area contributed by atoms with E-state index in [0.717, 1.165) is 45.1 Å². The van der Waals surface area contributed by atoms with Gasteiger partial charge in [0.1, 0.15) is 0 Å². The van der Waals surface area contributed by atoms with Gasteiger partial charge in [-0.1, -0.05) is 32.9 Å². The summed E-state index contributed by atoms with van der Waals surface area (Å²) in [7, 11) is 0. The van der Waals surface area contributed by atoms with Gasteiger partial charge in [-0.25, -0.2) is 0 Å². The van der Waals surface area contributed by atoms with Gasteiger partial charge >= 0.3 is 0 Å². The van der Waals surface area contributed by atoms with Gasteiger partial charge in [0, 0.05) is 19.7 Å². The third-order valence-electron chi connectivity index (χ3n) is 2.14. The van der Waals surface area contributed by atoms with E-state index in [2.05, 4.69) is 32.7 Å². The van der Waals surface area contributed by atoms with Gasteiger partial charge in [0.2, 0.25) is 0 Å². The monoisotopic (exact) mass is 199 g/mol. The van der Waals surface area contributed by atoms with Crippen LogP contribution in [0.25, 0.3) is 0 Å². The first-order valence-electron chi connectivity index (χ1n) is 5.62. The first-order chi connectivity index (χ1) is 6.66. The van der Waals surface area contributed by atoms with E-state index in [1.165, 1.54) is 5.57 Å². The molecule has 2 nitrogen and oxygen atoms in total. The number of hydrogen-bond donors (Lipinski definition) is 1. The van der Waals surface area contributed by atoms with Gasteiger partial charge < -0.3 is 10.1 Å². The van der Waals surface area contributed by atoms with Crippen LogP contribution in [0.15, 0.2) is 12.2 Å². The smallest absolute Gasteiger partial charge is 0.0591 e. The molecular formula is C12H25NO. The third-order valence-corrected chi connectivity index (χ3v) is 2.14. The zero-order chi connectivity index (χ0) is 10.8. The lowest BCUT2D eigenvalue weighted by molar-refractivity contribution is 0.126. The van der Waals surface area contributed by atoms with Crippen molar-refractivity contribution in [2.24, 2.45) is 5.92 Å². The zero-order valence-corrected chi connectivity index (χ0v) is 9.94. The van der Waals surface area contributed by atoms with Gasteiger partial charge in [-0.2, -0.15) is 0 Å². The van der Waals surface area contributed by atoms with Crippen LogP contribution >= 0.6 is 0 Å². The van der Waals surface area contributed by atoms with E-state index in [1.54, 1.807) is 0 Å². The third kappa shape index (κ3) is 9.75. The fourth-order valence-electron chi connectivity index (χ4n) is 0.956. The summed E-state index contributed by atoms with van der Waals surface area (Å²) >= 11 is 0. The molecule has 0 aliphatic carbocycles. The Bertz CT molecular complexity index is 143. The minimum absolute atomic E-state index is 0.739. The molecule has 0 aliphatic rings. The summed E-state index contributed by atoms with van der Waals surface area (Å²) < 4.78 is 5.47. The molecular weight excluding hydrogens is 174 g/mol. The molecule has 0 saturated carbocycles. The molecule has 0 aromatic carbocycles. The summed E-state index contributed by atoms with van der Waals surface area (Å²) in [5, 5.41) is 3.30. The van der Waals surface area contributed by atoms with Crippen molar-refractivity contribution in [1.29, 1.82) is 0 Å². The average Bonchev–Trinajstić information content (AvgIpc) is 2.15. The van der Waals surface area contributed by atoms with Gasteiger partial charge in [-0.3, -0.25) is 0 Å². The molecule has 0 radical (unpaired) electrons. The second-order valence-corrected chi connectivity index (χ2v) is 4.08. The summed E-state index contributed by atoms with van der Waals surface area (Å²) in [6.07, 6.45) is 2.21. The highest BCUT2D eigenvalue weighted by atomic mass is 16.5. The Morgan fingerprint density at radius 2 is 2.07 bits per heavy atom. The van der Waals surface area contributed by atoms with E-state index >= 15 is 0 Å². The molecule has 0 fully saturated rings. The maximum atomic E-state index is 5.47. The molecule has 0 atom stereocenters. The van der Waals surface area contributed by atoms with Crippen LogP contribution in [0.1, 0.15) is 33.6 Å². The van der Waals surface area contributed by atoms with Crippen molar-refractivity contribution in [3.05, 3.63) is 12.2 Å². The Morgan fingerprint density at radius 1 is 1.36 bits per heavy atom. The first kappa shape index (κ1) is 13.7. The highest BCUT2D eigenvalue weighted by molar-refractivity contribution is 4.94. The molecule has 0 heterocycles. The van der Waals surface area contributed by atoms with Crippen molar-refractivity contribution in [2.45, 2.75) is 33.6 Å². The quantitative estimate of drug-likeness (QED) is 0.455. The fraction of sp³-hybridized carbons (Fsp3) is 0.833. The molecule has 0 spiro atoms. The van der Waals surface area contributed by atoms with Crippen LogP contribution in [0.4, 0.5) is 0 Å². The van der Waals surface area contributed by atoms with Gasteiger partial charge in [0.15, 0.2) is 0 Å². The summed E-state index contributed by atoms with van der Waals surface area (Å²) in [5.74, 6) is 0.739. The van der Waals surface area contributed by atoms with Crippen molar-refractivity contribution in [2.75, 3.05) is 26.3 Å². The molecule has 0 bridgehead atoms. The lowest BCUT2D eigenvalue weighted by Gasteiger charge is -2.08. The molecule has 0 amide bonds. The predicted octanol–water partition coefficient (Wildman–Crippen LogP) is 2.60.